The van der Waals surface area contributed by atoms with E-state index >= 15 is 0 Å². The zero-order valence-electron chi connectivity index (χ0n) is 11.2. The number of aromatic nitrogens is 3. The zero-order valence-corrected chi connectivity index (χ0v) is 11.2. The van der Waals surface area contributed by atoms with Crippen LogP contribution < -0.4 is 16.0 Å². The number of methoxy groups -OCH3 is 1. The lowest BCUT2D eigenvalue weighted by molar-refractivity contribution is 0.381. The minimum absolute atomic E-state index is 0.0867. The van der Waals surface area contributed by atoms with Gasteiger partial charge in [0.2, 0.25) is 5.88 Å². The van der Waals surface area contributed by atoms with Gasteiger partial charge in [-0.05, 0) is 13.0 Å². The molecule has 0 aliphatic carbocycles. The predicted octanol–water partition coefficient (Wildman–Crippen LogP) is 1.05. The second-order valence-corrected chi connectivity index (χ2v) is 4.15. The number of hydrogen-bond donors (Lipinski definition) is 2. The van der Waals surface area contributed by atoms with Crippen molar-refractivity contribution in [3.63, 3.8) is 0 Å². The molecule has 0 aliphatic heterocycles. The highest BCUT2D eigenvalue weighted by molar-refractivity contribution is 5.29. The summed E-state index contributed by atoms with van der Waals surface area (Å²) in [6.45, 7) is 2.97. The summed E-state index contributed by atoms with van der Waals surface area (Å²) >= 11 is 0. The molecule has 0 fully saturated rings. The maximum Gasteiger partial charge on any atom is 0.217 e. The molecule has 19 heavy (non-hydrogen) atoms. The number of ether oxygens (including phenoxy) is 1. The molecule has 1 atom stereocenters. The smallest absolute Gasteiger partial charge is 0.217 e. The molecule has 2 rings (SSSR count). The van der Waals surface area contributed by atoms with Crippen LogP contribution in [0.3, 0.4) is 0 Å². The molecule has 6 heteroatoms. The fraction of sp³-hybridized carbons (Fsp3) is 0.385. The van der Waals surface area contributed by atoms with Crippen LogP contribution in [0.1, 0.15) is 24.4 Å². The molecule has 1 unspecified atom stereocenters. The van der Waals surface area contributed by atoms with E-state index < -0.39 is 0 Å². The van der Waals surface area contributed by atoms with Crippen LogP contribution in [-0.4, -0.2) is 21.6 Å². The van der Waals surface area contributed by atoms with Crippen LogP contribution in [0.4, 0.5) is 0 Å². The molecule has 2 heterocycles. The molecule has 0 bridgehead atoms. The minimum atomic E-state index is -0.0867. The van der Waals surface area contributed by atoms with Gasteiger partial charge in [0.15, 0.2) is 0 Å². The van der Waals surface area contributed by atoms with E-state index in [0.717, 1.165) is 17.9 Å². The van der Waals surface area contributed by atoms with Gasteiger partial charge in [0.1, 0.15) is 5.82 Å². The topological polar surface area (TPSA) is 78.0 Å². The number of nitrogens with one attached hydrogen (secondary N) is 1. The molecule has 0 saturated carbocycles. The van der Waals surface area contributed by atoms with Crippen molar-refractivity contribution in [2.75, 3.05) is 7.11 Å². The first-order valence-corrected chi connectivity index (χ1v) is 6.25. The summed E-state index contributed by atoms with van der Waals surface area (Å²) in [5, 5.41) is 0. The molecule has 2 aromatic rings. The van der Waals surface area contributed by atoms with Gasteiger partial charge >= 0.3 is 0 Å². The lowest BCUT2D eigenvalue weighted by Gasteiger charge is -2.18. The maximum atomic E-state index is 5.67. The third-order valence-electron chi connectivity index (χ3n) is 3.10. The van der Waals surface area contributed by atoms with Crippen molar-refractivity contribution in [3.8, 4) is 5.88 Å². The molecule has 0 saturated heterocycles. The number of nitrogens with two attached hydrogens (primary N) is 1. The Morgan fingerprint density at radius 3 is 2.95 bits per heavy atom. The Morgan fingerprint density at radius 2 is 2.26 bits per heavy atom. The van der Waals surface area contributed by atoms with E-state index in [4.69, 9.17) is 10.6 Å². The molecule has 3 N–H and O–H groups in total. The van der Waals surface area contributed by atoms with Crippen LogP contribution in [0, 0.1) is 0 Å². The molecule has 0 aromatic carbocycles. The quantitative estimate of drug-likeness (QED) is 0.600. The minimum Gasteiger partial charge on any atom is -0.481 e. The molecular weight excluding hydrogens is 242 g/mol. The van der Waals surface area contributed by atoms with E-state index in [9.17, 15) is 0 Å². The van der Waals surface area contributed by atoms with Gasteiger partial charge in [-0.3, -0.25) is 11.3 Å². The lowest BCUT2D eigenvalue weighted by Crippen LogP contribution is -2.30. The zero-order chi connectivity index (χ0) is 13.7. The van der Waals surface area contributed by atoms with Gasteiger partial charge in [-0.1, -0.05) is 6.07 Å². The van der Waals surface area contributed by atoms with E-state index in [2.05, 4.69) is 26.9 Å². The SMILES string of the molecule is CCn1ccnc1CC(NN)c1cccnc1OC. The summed E-state index contributed by atoms with van der Waals surface area (Å²) in [6, 6.07) is 3.74. The van der Waals surface area contributed by atoms with Gasteiger partial charge in [-0.2, -0.15) is 0 Å². The van der Waals surface area contributed by atoms with Gasteiger partial charge in [0, 0.05) is 37.1 Å². The summed E-state index contributed by atoms with van der Waals surface area (Å²) < 4.78 is 7.36. The van der Waals surface area contributed by atoms with Crippen molar-refractivity contribution < 1.29 is 4.74 Å². The van der Waals surface area contributed by atoms with Crippen molar-refractivity contribution in [2.45, 2.75) is 25.9 Å². The van der Waals surface area contributed by atoms with Gasteiger partial charge in [0.05, 0.1) is 13.2 Å². The average Bonchev–Trinajstić information content (AvgIpc) is 2.92. The number of pyridine rings is 1. The molecule has 102 valence electrons. The number of hydrazine groups is 1. The highest BCUT2D eigenvalue weighted by Gasteiger charge is 2.18. The van der Waals surface area contributed by atoms with E-state index in [0.29, 0.717) is 12.3 Å². The summed E-state index contributed by atoms with van der Waals surface area (Å²) in [5.74, 6) is 7.23. The van der Waals surface area contributed by atoms with Crippen molar-refractivity contribution in [1.29, 1.82) is 0 Å². The molecule has 0 aliphatic rings. The van der Waals surface area contributed by atoms with Crippen molar-refractivity contribution in [2.24, 2.45) is 5.84 Å². The largest absolute Gasteiger partial charge is 0.481 e. The highest BCUT2D eigenvalue weighted by atomic mass is 16.5. The summed E-state index contributed by atoms with van der Waals surface area (Å²) in [5.41, 5.74) is 3.74. The Labute approximate surface area is 112 Å². The molecule has 0 radical (unpaired) electrons. The predicted molar refractivity (Wildman–Crippen MR) is 72.5 cm³/mol. The Kier molecular flexibility index (Phi) is 4.48. The molecular formula is C13H19N5O. The van der Waals surface area contributed by atoms with E-state index in [1.54, 1.807) is 19.5 Å². The molecule has 6 nitrogen and oxygen atoms in total. The van der Waals surface area contributed by atoms with E-state index in [1.165, 1.54) is 0 Å². The third kappa shape index (κ3) is 2.91. The second-order valence-electron chi connectivity index (χ2n) is 4.15. The third-order valence-corrected chi connectivity index (χ3v) is 3.10. The van der Waals surface area contributed by atoms with Crippen molar-refractivity contribution in [1.82, 2.24) is 20.0 Å². The summed E-state index contributed by atoms with van der Waals surface area (Å²) in [4.78, 5) is 8.55. The maximum absolute atomic E-state index is 5.67. The van der Waals surface area contributed by atoms with Gasteiger partial charge in [-0.25, -0.2) is 9.97 Å². The number of rotatable bonds is 6. The van der Waals surface area contributed by atoms with Gasteiger partial charge in [-0.15, -0.1) is 0 Å². The first kappa shape index (κ1) is 13.5. The van der Waals surface area contributed by atoms with Crippen LogP contribution in [0.15, 0.2) is 30.7 Å². The fourth-order valence-corrected chi connectivity index (χ4v) is 2.10. The van der Waals surface area contributed by atoms with Crippen LogP contribution in [0.5, 0.6) is 5.88 Å². The summed E-state index contributed by atoms with van der Waals surface area (Å²) in [7, 11) is 1.60. The highest BCUT2D eigenvalue weighted by Crippen LogP contribution is 2.24. The van der Waals surface area contributed by atoms with Crippen LogP contribution in [0.2, 0.25) is 0 Å². The average molecular weight is 261 g/mol. The Hall–Kier alpha value is -1.92. The Balaban J connectivity index is 2.25. The van der Waals surface area contributed by atoms with Crippen molar-refractivity contribution in [3.05, 3.63) is 42.1 Å². The monoisotopic (exact) mass is 261 g/mol. The molecule has 0 spiro atoms. The number of nitrogens with zero attached hydrogens (tertiary/aromatic N) is 3. The molecule has 0 amide bonds. The molecule has 2 aromatic heterocycles. The standard InChI is InChI=1S/C13H19N5O/c1-3-18-8-7-15-12(18)9-11(17-14)10-5-4-6-16-13(10)19-2/h4-8,11,17H,3,9,14H2,1-2H3. The number of aryl methyl sites for hydroxylation is 1. The van der Waals surface area contributed by atoms with E-state index in [1.807, 2.05) is 18.3 Å². The van der Waals surface area contributed by atoms with Gasteiger partial charge < -0.3 is 9.30 Å². The number of imidazole rings is 1. The second kappa shape index (κ2) is 6.31. The van der Waals surface area contributed by atoms with Crippen molar-refractivity contribution >= 4 is 0 Å². The Morgan fingerprint density at radius 1 is 1.42 bits per heavy atom. The number of hydrogen-bond acceptors (Lipinski definition) is 5. The van der Waals surface area contributed by atoms with Crippen LogP contribution >= 0.6 is 0 Å². The normalized spacial score (nSPS) is 12.4. The summed E-state index contributed by atoms with van der Waals surface area (Å²) in [6.07, 6.45) is 6.14. The van der Waals surface area contributed by atoms with E-state index in [-0.39, 0.29) is 6.04 Å². The first-order valence-electron chi connectivity index (χ1n) is 6.25. The lowest BCUT2D eigenvalue weighted by atomic mass is 10.1. The van der Waals surface area contributed by atoms with Crippen LogP contribution in [0.25, 0.3) is 0 Å². The Bertz CT molecular complexity index is 525. The fourth-order valence-electron chi connectivity index (χ4n) is 2.10. The van der Waals surface area contributed by atoms with Crippen LogP contribution in [-0.2, 0) is 13.0 Å². The van der Waals surface area contributed by atoms with Gasteiger partial charge in [0.25, 0.3) is 0 Å². The first-order chi connectivity index (χ1) is 9.30.